The van der Waals surface area contributed by atoms with Crippen LogP contribution in [-0.2, 0) is 20.7 Å². The summed E-state index contributed by atoms with van der Waals surface area (Å²) in [6.07, 6.45) is 1.72. The number of likely N-dealkylation sites (tertiary alicyclic amines) is 1. The van der Waals surface area contributed by atoms with Gasteiger partial charge in [-0.25, -0.2) is 4.79 Å². The number of hydrogen-bond acceptors (Lipinski definition) is 5. The Bertz CT molecular complexity index is 860. The van der Waals surface area contributed by atoms with Crippen LogP contribution in [-0.4, -0.2) is 40.8 Å². The van der Waals surface area contributed by atoms with Gasteiger partial charge in [0, 0.05) is 24.0 Å². The molecule has 1 aromatic heterocycles. The lowest BCUT2D eigenvalue weighted by Gasteiger charge is -2.15. The van der Waals surface area contributed by atoms with Gasteiger partial charge in [0.25, 0.3) is 5.91 Å². The van der Waals surface area contributed by atoms with Gasteiger partial charge < -0.3 is 4.74 Å². The molecule has 0 radical (unpaired) electrons. The number of benzene rings is 1. The molecule has 0 aliphatic carbocycles. The van der Waals surface area contributed by atoms with Crippen LogP contribution in [0.15, 0.2) is 24.3 Å². The summed E-state index contributed by atoms with van der Waals surface area (Å²) in [4.78, 5) is 42.1. The highest BCUT2D eigenvalue weighted by Crippen LogP contribution is 2.24. The van der Waals surface area contributed by atoms with Crippen molar-refractivity contribution in [3.63, 3.8) is 0 Å². The first-order valence-corrected chi connectivity index (χ1v) is 8.41. The SMILES string of the molecule is CCc1nc2ccccc2c(C(=O)OCC(=O)N2CCCC2=O)c1C. The molecular formula is C19H20N2O4. The average molecular weight is 340 g/mol. The Morgan fingerprint density at radius 3 is 2.72 bits per heavy atom. The number of esters is 1. The van der Waals surface area contributed by atoms with Gasteiger partial charge in [0.15, 0.2) is 6.61 Å². The van der Waals surface area contributed by atoms with Crippen molar-refractivity contribution in [2.75, 3.05) is 13.2 Å². The van der Waals surface area contributed by atoms with Crippen molar-refractivity contribution in [2.24, 2.45) is 0 Å². The molecule has 3 rings (SSSR count). The van der Waals surface area contributed by atoms with Gasteiger partial charge in [-0.2, -0.15) is 0 Å². The van der Waals surface area contributed by atoms with Crippen molar-refractivity contribution < 1.29 is 19.1 Å². The number of para-hydroxylation sites is 1. The van der Waals surface area contributed by atoms with Gasteiger partial charge in [-0.15, -0.1) is 0 Å². The number of ether oxygens (including phenoxy) is 1. The van der Waals surface area contributed by atoms with Crippen molar-refractivity contribution in [1.29, 1.82) is 0 Å². The lowest BCUT2D eigenvalue weighted by atomic mass is 10.0. The van der Waals surface area contributed by atoms with E-state index in [4.69, 9.17) is 4.74 Å². The fraction of sp³-hybridized carbons (Fsp3) is 0.368. The molecule has 1 aliphatic rings. The lowest BCUT2D eigenvalue weighted by Crippen LogP contribution is -2.35. The predicted octanol–water partition coefficient (Wildman–Crippen LogP) is 2.41. The van der Waals surface area contributed by atoms with E-state index in [2.05, 4.69) is 4.98 Å². The molecular weight excluding hydrogens is 320 g/mol. The molecule has 1 aromatic carbocycles. The number of pyridine rings is 1. The molecule has 0 N–H and O–H groups in total. The second-order valence-corrected chi connectivity index (χ2v) is 6.05. The molecule has 130 valence electrons. The fourth-order valence-electron chi connectivity index (χ4n) is 3.15. The van der Waals surface area contributed by atoms with E-state index >= 15 is 0 Å². The second kappa shape index (κ2) is 7.01. The Labute approximate surface area is 145 Å². The molecule has 6 heteroatoms. The van der Waals surface area contributed by atoms with Crippen LogP contribution in [0.2, 0.25) is 0 Å². The highest BCUT2D eigenvalue weighted by molar-refractivity contribution is 6.06. The number of amides is 2. The Hall–Kier alpha value is -2.76. The van der Waals surface area contributed by atoms with Crippen LogP contribution in [0.4, 0.5) is 0 Å². The molecule has 2 aromatic rings. The Balaban J connectivity index is 1.85. The Morgan fingerprint density at radius 1 is 1.28 bits per heavy atom. The zero-order valence-electron chi connectivity index (χ0n) is 14.4. The van der Waals surface area contributed by atoms with E-state index in [0.29, 0.717) is 36.8 Å². The molecule has 0 bridgehead atoms. The third kappa shape index (κ3) is 3.24. The predicted molar refractivity (Wildman–Crippen MR) is 92.1 cm³/mol. The monoisotopic (exact) mass is 340 g/mol. The van der Waals surface area contributed by atoms with Gasteiger partial charge in [-0.05, 0) is 31.4 Å². The number of hydrogen-bond donors (Lipinski definition) is 0. The molecule has 25 heavy (non-hydrogen) atoms. The molecule has 0 spiro atoms. The number of nitrogens with zero attached hydrogens (tertiary/aromatic N) is 2. The summed E-state index contributed by atoms with van der Waals surface area (Å²) >= 11 is 0. The summed E-state index contributed by atoms with van der Waals surface area (Å²) in [6.45, 7) is 3.77. The summed E-state index contributed by atoms with van der Waals surface area (Å²) in [5, 5.41) is 0.701. The molecule has 0 atom stereocenters. The van der Waals surface area contributed by atoms with Crippen LogP contribution in [0.5, 0.6) is 0 Å². The van der Waals surface area contributed by atoms with Crippen molar-refractivity contribution in [1.82, 2.24) is 9.88 Å². The first-order valence-electron chi connectivity index (χ1n) is 8.41. The highest BCUT2D eigenvalue weighted by atomic mass is 16.5. The highest BCUT2D eigenvalue weighted by Gasteiger charge is 2.27. The van der Waals surface area contributed by atoms with E-state index in [9.17, 15) is 14.4 Å². The van der Waals surface area contributed by atoms with Gasteiger partial charge in [-0.1, -0.05) is 25.1 Å². The maximum Gasteiger partial charge on any atom is 0.339 e. The van der Waals surface area contributed by atoms with Crippen molar-refractivity contribution in [2.45, 2.75) is 33.1 Å². The van der Waals surface area contributed by atoms with Gasteiger partial charge in [0.1, 0.15) is 0 Å². The van der Waals surface area contributed by atoms with Crippen molar-refractivity contribution >= 4 is 28.7 Å². The summed E-state index contributed by atoms with van der Waals surface area (Å²) in [7, 11) is 0. The quantitative estimate of drug-likeness (QED) is 0.799. The number of rotatable bonds is 4. The first kappa shape index (κ1) is 17.1. The molecule has 1 saturated heterocycles. The van der Waals surface area contributed by atoms with Gasteiger partial charge in [-0.3, -0.25) is 19.5 Å². The average Bonchev–Trinajstić information content (AvgIpc) is 3.05. The summed E-state index contributed by atoms with van der Waals surface area (Å²) in [5.74, 6) is -1.24. The van der Waals surface area contributed by atoms with Crippen LogP contribution >= 0.6 is 0 Å². The Morgan fingerprint density at radius 2 is 2.04 bits per heavy atom. The Kier molecular flexibility index (Phi) is 4.79. The third-order valence-electron chi connectivity index (χ3n) is 4.48. The van der Waals surface area contributed by atoms with E-state index in [1.54, 1.807) is 0 Å². The molecule has 6 nitrogen and oxygen atoms in total. The minimum Gasteiger partial charge on any atom is -0.452 e. The third-order valence-corrected chi connectivity index (χ3v) is 4.48. The fourth-order valence-corrected chi connectivity index (χ4v) is 3.15. The lowest BCUT2D eigenvalue weighted by molar-refractivity contribution is -0.143. The van der Waals surface area contributed by atoms with Crippen LogP contribution in [0.1, 0.15) is 41.4 Å². The topological polar surface area (TPSA) is 76.6 Å². The van der Waals surface area contributed by atoms with Crippen molar-refractivity contribution in [3.05, 3.63) is 41.1 Å². The van der Waals surface area contributed by atoms with Crippen molar-refractivity contribution in [3.8, 4) is 0 Å². The molecule has 0 saturated carbocycles. The zero-order chi connectivity index (χ0) is 18.0. The molecule has 1 aliphatic heterocycles. The van der Waals surface area contributed by atoms with Gasteiger partial charge in [0.2, 0.25) is 5.91 Å². The molecule has 0 unspecified atom stereocenters. The van der Waals surface area contributed by atoms with Gasteiger partial charge in [0.05, 0.1) is 11.1 Å². The van der Waals surface area contributed by atoms with E-state index < -0.39 is 18.5 Å². The normalized spacial score (nSPS) is 14.2. The van der Waals surface area contributed by atoms with Crippen LogP contribution in [0.25, 0.3) is 10.9 Å². The zero-order valence-corrected chi connectivity index (χ0v) is 14.4. The smallest absolute Gasteiger partial charge is 0.339 e. The molecule has 2 heterocycles. The maximum absolute atomic E-state index is 12.6. The van der Waals surface area contributed by atoms with E-state index in [1.807, 2.05) is 38.1 Å². The maximum atomic E-state index is 12.6. The standard InChI is InChI=1S/C19H20N2O4/c1-3-14-12(2)18(13-7-4-5-8-15(13)20-14)19(24)25-11-17(23)21-10-6-9-16(21)22/h4-5,7-8H,3,6,9-11H2,1-2H3. The van der Waals surface area contributed by atoms with E-state index in [1.165, 1.54) is 0 Å². The summed E-state index contributed by atoms with van der Waals surface area (Å²) in [5.41, 5.74) is 2.74. The van der Waals surface area contributed by atoms with Crippen LogP contribution < -0.4 is 0 Å². The summed E-state index contributed by atoms with van der Waals surface area (Å²) < 4.78 is 5.23. The minimum atomic E-state index is -0.564. The van der Waals surface area contributed by atoms with Gasteiger partial charge >= 0.3 is 5.97 Å². The number of aryl methyl sites for hydroxylation is 1. The van der Waals surface area contributed by atoms with E-state index in [0.717, 1.165) is 21.7 Å². The summed E-state index contributed by atoms with van der Waals surface area (Å²) in [6, 6.07) is 7.36. The largest absolute Gasteiger partial charge is 0.452 e. The molecule has 1 fully saturated rings. The first-order chi connectivity index (χ1) is 12.0. The number of aromatic nitrogens is 1. The number of carbonyl (C=O) groups excluding carboxylic acids is 3. The number of imide groups is 1. The molecule has 2 amide bonds. The number of fused-ring (bicyclic) bond motifs is 1. The van der Waals surface area contributed by atoms with Crippen LogP contribution in [0.3, 0.4) is 0 Å². The minimum absolute atomic E-state index is 0.208. The van der Waals surface area contributed by atoms with E-state index in [-0.39, 0.29) is 5.91 Å². The number of carbonyl (C=O) groups is 3. The van der Waals surface area contributed by atoms with Crippen LogP contribution in [0, 0.1) is 6.92 Å². The second-order valence-electron chi connectivity index (χ2n) is 6.05.